The lowest BCUT2D eigenvalue weighted by Crippen LogP contribution is -2.27. The molecule has 2 aromatic heterocycles. The number of aromatic amines is 1. The highest BCUT2D eigenvalue weighted by Crippen LogP contribution is 2.33. The summed E-state index contributed by atoms with van der Waals surface area (Å²) in [4.78, 5) is 12.5. The number of aromatic nitrogens is 3. The van der Waals surface area contributed by atoms with E-state index < -0.39 is 0 Å². The second-order valence-electron chi connectivity index (χ2n) is 6.11. The Labute approximate surface area is 140 Å². The first-order chi connectivity index (χ1) is 11.8. The van der Waals surface area contributed by atoms with Crippen molar-refractivity contribution in [2.45, 2.75) is 18.8 Å². The largest absolute Gasteiger partial charge is 0.341 e. The molecule has 122 valence electrons. The molecule has 0 bridgehead atoms. The maximum atomic E-state index is 13.3. The first-order valence-corrected chi connectivity index (χ1v) is 8.28. The Morgan fingerprint density at radius 1 is 0.917 bits per heavy atom. The molecule has 4 nitrogen and oxygen atoms in total. The number of rotatable bonds is 3. The van der Waals surface area contributed by atoms with E-state index in [1.54, 1.807) is 24.5 Å². The first kappa shape index (κ1) is 15.0. The minimum Gasteiger partial charge on any atom is -0.341 e. The minimum absolute atomic E-state index is 0.238. The topological polar surface area (TPSA) is 53.6 Å². The SMILES string of the molecule is Fc1ccc(-c2nc(C3CCNCC3)[nH]c2-c2ccncc2)cc1. The maximum absolute atomic E-state index is 13.3. The molecule has 1 aromatic carbocycles. The van der Waals surface area contributed by atoms with Crippen molar-refractivity contribution in [3.8, 4) is 22.5 Å². The molecular weight excluding hydrogens is 303 g/mol. The molecule has 0 amide bonds. The van der Waals surface area contributed by atoms with Crippen LogP contribution in [0.15, 0.2) is 48.8 Å². The molecule has 1 saturated heterocycles. The number of halogens is 1. The number of nitrogens with one attached hydrogen (secondary N) is 2. The highest BCUT2D eigenvalue weighted by atomic mass is 19.1. The molecule has 0 unspecified atom stereocenters. The fraction of sp³-hybridized carbons (Fsp3) is 0.263. The van der Waals surface area contributed by atoms with Crippen LogP contribution in [0, 0.1) is 5.82 Å². The average Bonchev–Trinajstić information content (AvgIpc) is 3.09. The predicted molar refractivity (Wildman–Crippen MR) is 92.1 cm³/mol. The van der Waals surface area contributed by atoms with Crippen LogP contribution in [0.3, 0.4) is 0 Å². The van der Waals surface area contributed by atoms with Crippen LogP contribution in [0.25, 0.3) is 22.5 Å². The standard InChI is InChI=1S/C19H19FN4/c20-16-3-1-13(2-4-16)17-18(14-5-9-21-10-6-14)24-19(23-17)15-7-11-22-12-8-15/h1-6,9-10,15,22H,7-8,11-12H2,(H,23,24). The van der Waals surface area contributed by atoms with E-state index in [1.807, 2.05) is 12.1 Å². The van der Waals surface area contributed by atoms with Gasteiger partial charge in [-0.05, 0) is 62.3 Å². The van der Waals surface area contributed by atoms with E-state index in [0.29, 0.717) is 5.92 Å². The second-order valence-corrected chi connectivity index (χ2v) is 6.11. The van der Waals surface area contributed by atoms with Gasteiger partial charge in [-0.25, -0.2) is 9.37 Å². The summed E-state index contributed by atoms with van der Waals surface area (Å²) in [5.74, 6) is 1.21. The molecular formula is C19H19FN4. The van der Waals surface area contributed by atoms with Crippen molar-refractivity contribution >= 4 is 0 Å². The maximum Gasteiger partial charge on any atom is 0.123 e. The van der Waals surface area contributed by atoms with E-state index in [-0.39, 0.29) is 5.82 Å². The summed E-state index contributed by atoms with van der Waals surface area (Å²) in [5.41, 5.74) is 3.80. The lowest BCUT2D eigenvalue weighted by atomic mass is 9.98. The van der Waals surface area contributed by atoms with Crippen molar-refractivity contribution < 1.29 is 4.39 Å². The van der Waals surface area contributed by atoms with E-state index in [4.69, 9.17) is 4.98 Å². The van der Waals surface area contributed by atoms with Crippen molar-refractivity contribution in [2.24, 2.45) is 0 Å². The van der Waals surface area contributed by atoms with Crippen LogP contribution in [0.1, 0.15) is 24.6 Å². The lowest BCUT2D eigenvalue weighted by Gasteiger charge is -2.20. The molecule has 3 heterocycles. The van der Waals surface area contributed by atoms with Gasteiger partial charge in [0.15, 0.2) is 0 Å². The van der Waals surface area contributed by atoms with Crippen molar-refractivity contribution in [1.82, 2.24) is 20.3 Å². The van der Waals surface area contributed by atoms with Crippen LogP contribution in [0.2, 0.25) is 0 Å². The van der Waals surface area contributed by atoms with Crippen LogP contribution in [-0.2, 0) is 0 Å². The molecule has 4 rings (SSSR count). The van der Waals surface area contributed by atoms with Crippen LogP contribution in [-0.4, -0.2) is 28.0 Å². The summed E-state index contributed by atoms with van der Waals surface area (Å²) in [6.07, 6.45) is 5.70. The zero-order chi connectivity index (χ0) is 16.4. The van der Waals surface area contributed by atoms with Gasteiger partial charge in [0.2, 0.25) is 0 Å². The van der Waals surface area contributed by atoms with Gasteiger partial charge in [0.1, 0.15) is 11.6 Å². The highest BCUT2D eigenvalue weighted by Gasteiger charge is 2.22. The number of imidazole rings is 1. The first-order valence-electron chi connectivity index (χ1n) is 8.28. The van der Waals surface area contributed by atoms with Crippen LogP contribution < -0.4 is 5.32 Å². The Bertz CT molecular complexity index is 805. The predicted octanol–water partition coefficient (Wildman–Crippen LogP) is 3.74. The fourth-order valence-electron chi connectivity index (χ4n) is 3.22. The molecule has 1 aliphatic heterocycles. The molecule has 1 fully saturated rings. The Balaban J connectivity index is 1.80. The van der Waals surface area contributed by atoms with Crippen LogP contribution in [0.4, 0.5) is 4.39 Å². The van der Waals surface area contributed by atoms with Crippen molar-refractivity contribution in [3.63, 3.8) is 0 Å². The van der Waals surface area contributed by atoms with Gasteiger partial charge in [-0.15, -0.1) is 0 Å². The van der Waals surface area contributed by atoms with Gasteiger partial charge < -0.3 is 10.3 Å². The zero-order valence-electron chi connectivity index (χ0n) is 13.3. The summed E-state index contributed by atoms with van der Waals surface area (Å²) in [6, 6.07) is 10.4. The van der Waals surface area contributed by atoms with Crippen LogP contribution in [0.5, 0.6) is 0 Å². The average molecular weight is 322 g/mol. The van der Waals surface area contributed by atoms with Gasteiger partial charge in [0.05, 0.1) is 11.4 Å². The van der Waals surface area contributed by atoms with Gasteiger partial charge >= 0.3 is 0 Å². The smallest absolute Gasteiger partial charge is 0.123 e. The van der Waals surface area contributed by atoms with Crippen LogP contribution >= 0.6 is 0 Å². The summed E-state index contributed by atoms with van der Waals surface area (Å²) < 4.78 is 13.3. The molecule has 0 radical (unpaired) electrons. The normalized spacial score (nSPS) is 15.5. The lowest BCUT2D eigenvalue weighted by molar-refractivity contribution is 0.447. The minimum atomic E-state index is -0.238. The zero-order valence-corrected chi connectivity index (χ0v) is 13.3. The Morgan fingerprint density at radius 3 is 2.33 bits per heavy atom. The van der Waals surface area contributed by atoms with E-state index in [0.717, 1.165) is 54.3 Å². The van der Waals surface area contributed by atoms with Crippen molar-refractivity contribution in [1.29, 1.82) is 0 Å². The van der Waals surface area contributed by atoms with Gasteiger partial charge in [-0.3, -0.25) is 4.98 Å². The quantitative estimate of drug-likeness (QED) is 0.772. The molecule has 0 atom stereocenters. The summed E-state index contributed by atoms with van der Waals surface area (Å²) in [7, 11) is 0. The summed E-state index contributed by atoms with van der Waals surface area (Å²) in [6.45, 7) is 2.03. The van der Waals surface area contributed by atoms with E-state index in [1.165, 1.54) is 12.1 Å². The number of nitrogens with zero attached hydrogens (tertiary/aromatic N) is 2. The van der Waals surface area contributed by atoms with Crippen molar-refractivity contribution in [2.75, 3.05) is 13.1 Å². The van der Waals surface area contributed by atoms with Gasteiger partial charge in [-0.2, -0.15) is 0 Å². The van der Waals surface area contributed by atoms with Crippen molar-refractivity contribution in [3.05, 3.63) is 60.4 Å². The Hall–Kier alpha value is -2.53. The van der Waals surface area contributed by atoms with Gasteiger partial charge in [-0.1, -0.05) is 0 Å². The highest BCUT2D eigenvalue weighted by molar-refractivity contribution is 5.78. The van der Waals surface area contributed by atoms with E-state index in [9.17, 15) is 4.39 Å². The number of benzene rings is 1. The number of H-pyrrole nitrogens is 1. The second kappa shape index (κ2) is 6.53. The van der Waals surface area contributed by atoms with E-state index >= 15 is 0 Å². The molecule has 24 heavy (non-hydrogen) atoms. The Kier molecular flexibility index (Phi) is 4.09. The molecule has 3 aromatic rings. The number of hydrogen-bond donors (Lipinski definition) is 2. The Morgan fingerprint density at radius 2 is 1.62 bits per heavy atom. The molecule has 0 aliphatic carbocycles. The van der Waals surface area contributed by atoms with Gasteiger partial charge in [0.25, 0.3) is 0 Å². The third-order valence-electron chi connectivity index (χ3n) is 4.53. The van der Waals surface area contributed by atoms with Gasteiger partial charge in [0, 0.05) is 29.4 Å². The summed E-state index contributed by atoms with van der Waals surface area (Å²) >= 11 is 0. The molecule has 0 saturated carbocycles. The fourth-order valence-corrected chi connectivity index (χ4v) is 3.22. The molecule has 2 N–H and O–H groups in total. The molecule has 5 heteroatoms. The monoisotopic (exact) mass is 322 g/mol. The number of pyridine rings is 1. The number of piperidine rings is 1. The summed E-state index contributed by atoms with van der Waals surface area (Å²) in [5, 5.41) is 3.38. The third kappa shape index (κ3) is 2.95. The molecule has 0 spiro atoms. The number of hydrogen-bond acceptors (Lipinski definition) is 3. The molecule has 1 aliphatic rings. The van der Waals surface area contributed by atoms with E-state index in [2.05, 4.69) is 15.3 Å². The third-order valence-corrected chi connectivity index (χ3v) is 4.53.